The van der Waals surface area contributed by atoms with E-state index in [1.807, 2.05) is 10.3 Å². The van der Waals surface area contributed by atoms with Crippen LogP contribution in [0.3, 0.4) is 0 Å². The number of hydrogen-bond acceptors (Lipinski definition) is 3. The van der Waals surface area contributed by atoms with Crippen molar-refractivity contribution in [3.63, 3.8) is 0 Å². The Morgan fingerprint density at radius 3 is 3.11 bits per heavy atom. The van der Waals surface area contributed by atoms with Crippen LogP contribution >= 0.6 is 22.9 Å². The van der Waals surface area contributed by atoms with E-state index in [-0.39, 0.29) is 0 Å². The zero-order valence-electron chi connectivity index (χ0n) is 10.7. The lowest BCUT2D eigenvalue weighted by molar-refractivity contribution is -0.127. The van der Waals surface area contributed by atoms with Crippen LogP contribution in [-0.2, 0) is 17.1 Å². The van der Waals surface area contributed by atoms with Gasteiger partial charge < -0.3 is 4.90 Å². The van der Waals surface area contributed by atoms with Gasteiger partial charge in [-0.3, -0.25) is 4.79 Å². The van der Waals surface area contributed by atoms with Crippen molar-refractivity contribution in [2.24, 2.45) is 5.92 Å². The Labute approximate surface area is 117 Å². The largest absolute Gasteiger partial charge is 0.342 e. The van der Waals surface area contributed by atoms with Crippen LogP contribution in [0.2, 0.25) is 0 Å². The number of alkyl halides is 1. The summed E-state index contributed by atoms with van der Waals surface area (Å²) in [5.41, 5.74) is 0.938. The maximum Gasteiger partial charge on any atom is 0.222 e. The molecular formula is C13H19ClN2OS. The van der Waals surface area contributed by atoms with E-state index in [9.17, 15) is 4.79 Å². The monoisotopic (exact) mass is 286 g/mol. The lowest BCUT2D eigenvalue weighted by Gasteiger charge is -2.15. The van der Waals surface area contributed by atoms with Gasteiger partial charge >= 0.3 is 0 Å². The number of carbonyl (C=O) groups is 1. The molecule has 0 bridgehead atoms. The zero-order valence-corrected chi connectivity index (χ0v) is 12.3. The maximum absolute atomic E-state index is 11.8. The molecular weight excluding hydrogens is 268 g/mol. The summed E-state index contributed by atoms with van der Waals surface area (Å²) in [6, 6.07) is 0. The molecule has 2 rings (SSSR count). The van der Waals surface area contributed by atoms with Gasteiger partial charge in [0.05, 0.1) is 16.6 Å². The van der Waals surface area contributed by atoms with Crippen molar-refractivity contribution < 1.29 is 4.79 Å². The van der Waals surface area contributed by atoms with Crippen molar-refractivity contribution >= 4 is 28.8 Å². The fourth-order valence-electron chi connectivity index (χ4n) is 2.43. The molecule has 1 amide bonds. The first-order chi connectivity index (χ1) is 8.72. The van der Waals surface area contributed by atoms with Crippen LogP contribution in [0.1, 0.15) is 36.9 Å². The van der Waals surface area contributed by atoms with Crippen molar-refractivity contribution in [2.75, 3.05) is 13.1 Å². The van der Waals surface area contributed by atoms with E-state index in [1.54, 1.807) is 11.3 Å². The van der Waals surface area contributed by atoms with Crippen molar-refractivity contribution in [1.82, 2.24) is 9.88 Å². The van der Waals surface area contributed by atoms with Crippen LogP contribution in [0.15, 0.2) is 5.38 Å². The number of aromatic nitrogens is 1. The molecule has 0 spiro atoms. The minimum absolute atomic E-state index is 0.308. The number of likely N-dealkylation sites (tertiary alicyclic amines) is 1. The van der Waals surface area contributed by atoms with Gasteiger partial charge in [0.1, 0.15) is 0 Å². The highest BCUT2D eigenvalue weighted by molar-refractivity contribution is 7.09. The number of rotatable bonds is 6. The second-order valence-corrected chi connectivity index (χ2v) is 6.02. The highest BCUT2D eigenvalue weighted by Crippen LogP contribution is 2.22. The summed E-state index contributed by atoms with van der Waals surface area (Å²) in [7, 11) is 0. The first-order valence-electron chi connectivity index (χ1n) is 6.50. The molecule has 1 aliphatic heterocycles. The molecule has 1 aromatic rings. The van der Waals surface area contributed by atoms with Crippen LogP contribution in [0.4, 0.5) is 0 Å². The summed E-state index contributed by atoms with van der Waals surface area (Å²) in [5, 5.41) is 3.07. The Morgan fingerprint density at radius 2 is 2.44 bits per heavy atom. The second kappa shape index (κ2) is 6.53. The van der Waals surface area contributed by atoms with Gasteiger partial charge in [0.25, 0.3) is 0 Å². The summed E-state index contributed by atoms with van der Waals surface area (Å²) in [6.07, 6.45) is 3.91. The molecule has 0 radical (unpaired) electrons. The highest BCUT2D eigenvalue weighted by atomic mass is 35.5. The quantitative estimate of drug-likeness (QED) is 0.753. The molecule has 1 aromatic heterocycles. The van der Waals surface area contributed by atoms with Gasteiger partial charge in [-0.2, -0.15) is 0 Å². The van der Waals surface area contributed by atoms with E-state index in [2.05, 4.69) is 11.9 Å². The molecule has 1 fully saturated rings. The Kier molecular flexibility index (Phi) is 5.01. The number of carbonyl (C=O) groups excluding carboxylic acids is 1. The summed E-state index contributed by atoms with van der Waals surface area (Å²) in [4.78, 5) is 18.2. The van der Waals surface area contributed by atoms with Crippen molar-refractivity contribution in [2.45, 2.75) is 38.5 Å². The molecule has 0 N–H and O–H groups in total. The van der Waals surface area contributed by atoms with Gasteiger partial charge in [-0.25, -0.2) is 4.98 Å². The Morgan fingerprint density at radius 1 is 1.61 bits per heavy atom. The van der Waals surface area contributed by atoms with Crippen molar-refractivity contribution in [1.29, 1.82) is 0 Å². The SMILES string of the molecule is CCCC1CC(=O)N(CCc2nc(CCl)cs2)C1. The molecule has 100 valence electrons. The molecule has 3 nitrogen and oxygen atoms in total. The van der Waals surface area contributed by atoms with Crippen LogP contribution < -0.4 is 0 Å². The van der Waals surface area contributed by atoms with E-state index in [0.717, 1.165) is 49.5 Å². The fourth-order valence-corrected chi connectivity index (χ4v) is 3.44. The molecule has 0 aromatic carbocycles. The van der Waals surface area contributed by atoms with Gasteiger partial charge in [-0.05, 0) is 12.3 Å². The summed E-state index contributed by atoms with van der Waals surface area (Å²) < 4.78 is 0. The molecule has 1 unspecified atom stereocenters. The molecule has 1 saturated heterocycles. The number of amides is 1. The van der Waals surface area contributed by atoms with Crippen LogP contribution in [0.25, 0.3) is 0 Å². The van der Waals surface area contributed by atoms with Gasteiger partial charge in [0, 0.05) is 31.3 Å². The average molecular weight is 287 g/mol. The Hall–Kier alpha value is -0.610. The Bertz CT molecular complexity index is 407. The number of thiazole rings is 1. The van der Waals surface area contributed by atoms with Gasteiger partial charge in [-0.15, -0.1) is 22.9 Å². The van der Waals surface area contributed by atoms with Gasteiger partial charge in [-0.1, -0.05) is 13.3 Å². The number of halogens is 1. The number of nitrogens with zero attached hydrogens (tertiary/aromatic N) is 2. The van der Waals surface area contributed by atoms with Crippen LogP contribution in [0, 0.1) is 5.92 Å². The summed E-state index contributed by atoms with van der Waals surface area (Å²) >= 11 is 7.36. The normalized spacial score (nSPS) is 19.8. The number of hydrogen-bond donors (Lipinski definition) is 0. The third-order valence-corrected chi connectivity index (χ3v) is 4.55. The molecule has 1 atom stereocenters. The van der Waals surface area contributed by atoms with E-state index in [0.29, 0.717) is 17.7 Å². The standard InChI is InChI=1S/C13H19ClN2OS/c1-2-3-10-6-13(17)16(8-10)5-4-12-15-11(7-14)9-18-12/h9-10H,2-8H2,1H3. The topological polar surface area (TPSA) is 33.2 Å². The molecule has 5 heteroatoms. The fraction of sp³-hybridized carbons (Fsp3) is 0.692. The van der Waals surface area contributed by atoms with E-state index in [4.69, 9.17) is 11.6 Å². The molecule has 0 saturated carbocycles. The summed E-state index contributed by atoms with van der Waals surface area (Å²) in [5.74, 6) is 1.34. The first kappa shape index (κ1) is 13.8. The molecule has 1 aliphatic rings. The lowest BCUT2D eigenvalue weighted by Crippen LogP contribution is -2.27. The zero-order chi connectivity index (χ0) is 13.0. The highest BCUT2D eigenvalue weighted by Gasteiger charge is 2.28. The van der Waals surface area contributed by atoms with Gasteiger partial charge in [0.2, 0.25) is 5.91 Å². The predicted molar refractivity (Wildman–Crippen MR) is 75.0 cm³/mol. The molecule has 0 aliphatic carbocycles. The minimum Gasteiger partial charge on any atom is -0.342 e. The van der Waals surface area contributed by atoms with Crippen LogP contribution in [-0.4, -0.2) is 28.9 Å². The third-order valence-electron chi connectivity index (χ3n) is 3.32. The predicted octanol–water partition coefficient (Wildman–Crippen LogP) is 3.07. The van der Waals surface area contributed by atoms with Crippen molar-refractivity contribution in [3.8, 4) is 0 Å². The minimum atomic E-state index is 0.308. The van der Waals surface area contributed by atoms with E-state index in [1.165, 1.54) is 0 Å². The van der Waals surface area contributed by atoms with E-state index >= 15 is 0 Å². The lowest BCUT2D eigenvalue weighted by atomic mass is 10.0. The summed E-state index contributed by atoms with van der Waals surface area (Å²) in [6.45, 7) is 3.91. The Balaban J connectivity index is 1.81. The maximum atomic E-state index is 11.8. The van der Waals surface area contributed by atoms with Gasteiger partial charge in [0.15, 0.2) is 0 Å². The average Bonchev–Trinajstić information content (AvgIpc) is 2.94. The molecule has 2 heterocycles. The second-order valence-electron chi connectivity index (χ2n) is 4.81. The van der Waals surface area contributed by atoms with Crippen molar-refractivity contribution in [3.05, 3.63) is 16.1 Å². The first-order valence-corrected chi connectivity index (χ1v) is 7.91. The van der Waals surface area contributed by atoms with E-state index < -0.39 is 0 Å². The van der Waals surface area contributed by atoms with Crippen LogP contribution in [0.5, 0.6) is 0 Å². The smallest absolute Gasteiger partial charge is 0.222 e. The third kappa shape index (κ3) is 3.45. The molecule has 18 heavy (non-hydrogen) atoms.